The van der Waals surface area contributed by atoms with Gasteiger partial charge in [-0.15, -0.1) is 11.3 Å². The fraction of sp³-hybridized carbons (Fsp3) is 0.538. The summed E-state index contributed by atoms with van der Waals surface area (Å²) in [6.07, 6.45) is 0. The van der Waals surface area contributed by atoms with Gasteiger partial charge < -0.3 is 9.64 Å². The number of hydrogen-bond donors (Lipinski definition) is 0. The van der Waals surface area contributed by atoms with Crippen LogP contribution in [0.4, 0.5) is 0 Å². The van der Waals surface area contributed by atoms with E-state index in [1.165, 1.54) is 18.4 Å². The fourth-order valence-electron chi connectivity index (χ4n) is 1.64. The Hall–Kier alpha value is -1.36. The summed E-state index contributed by atoms with van der Waals surface area (Å²) < 4.78 is 4.69. The van der Waals surface area contributed by atoms with Crippen LogP contribution in [0.3, 0.4) is 0 Å². The highest BCUT2D eigenvalue weighted by molar-refractivity contribution is 7.12. The largest absolute Gasteiger partial charge is 0.469 e. The molecular formula is C13H19NO3S. The molecule has 5 heteroatoms. The Balaban J connectivity index is 2.78. The van der Waals surface area contributed by atoms with Crippen molar-refractivity contribution < 1.29 is 14.3 Å². The number of thiophene rings is 1. The number of amides is 1. The molecule has 1 heterocycles. The lowest BCUT2D eigenvalue weighted by molar-refractivity contribution is -0.145. The van der Waals surface area contributed by atoms with Gasteiger partial charge in [-0.2, -0.15) is 0 Å². The third-order valence-electron chi connectivity index (χ3n) is 2.69. The summed E-state index contributed by atoms with van der Waals surface area (Å²) >= 11 is 1.41. The van der Waals surface area contributed by atoms with Crippen LogP contribution in [0, 0.1) is 5.92 Å². The van der Waals surface area contributed by atoms with Crippen LogP contribution in [0.2, 0.25) is 0 Å². The molecule has 1 unspecified atom stereocenters. The standard InChI is InChI=1S/C13H19NO3S/c1-9(2)14(8-10(3)13(16)17-4)12(15)11-6-5-7-18-11/h5-7,9-10H,8H2,1-4H3. The Bertz CT molecular complexity index is 400. The number of nitrogens with zero attached hydrogens (tertiary/aromatic N) is 1. The Kier molecular flexibility index (Phi) is 5.34. The second kappa shape index (κ2) is 6.54. The lowest BCUT2D eigenvalue weighted by Gasteiger charge is -2.28. The minimum atomic E-state index is -0.318. The summed E-state index contributed by atoms with van der Waals surface area (Å²) in [4.78, 5) is 26.1. The Morgan fingerprint density at radius 3 is 2.50 bits per heavy atom. The summed E-state index contributed by atoms with van der Waals surface area (Å²) in [6, 6.07) is 3.69. The van der Waals surface area contributed by atoms with Crippen molar-refractivity contribution in [2.24, 2.45) is 5.92 Å². The van der Waals surface area contributed by atoms with E-state index in [1.807, 2.05) is 25.3 Å². The van der Waals surface area contributed by atoms with E-state index < -0.39 is 0 Å². The normalized spacial score (nSPS) is 12.3. The van der Waals surface area contributed by atoms with Gasteiger partial charge in [-0.05, 0) is 25.3 Å². The molecule has 0 aliphatic carbocycles. The van der Waals surface area contributed by atoms with Crippen LogP contribution in [-0.4, -0.2) is 36.5 Å². The average Bonchev–Trinajstić information content (AvgIpc) is 2.87. The first-order valence-electron chi connectivity index (χ1n) is 5.89. The van der Waals surface area contributed by atoms with E-state index in [1.54, 1.807) is 17.9 Å². The maximum Gasteiger partial charge on any atom is 0.310 e. The van der Waals surface area contributed by atoms with Gasteiger partial charge in [0.05, 0.1) is 17.9 Å². The molecular weight excluding hydrogens is 250 g/mol. The molecule has 0 radical (unpaired) electrons. The highest BCUT2D eigenvalue weighted by atomic mass is 32.1. The molecule has 4 nitrogen and oxygen atoms in total. The van der Waals surface area contributed by atoms with Crippen molar-refractivity contribution in [2.75, 3.05) is 13.7 Å². The van der Waals surface area contributed by atoms with Crippen molar-refractivity contribution in [3.8, 4) is 0 Å². The predicted octanol–water partition coefficient (Wildman–Crippen LogP) is 2.41. The molecule has 0 saturated heterocycles. The van der Waals surface area contributed by atoms with Crippen molar-refractivity contribution in [3.05, 3.63) is 22.4 Å². The minimum absolute atomic E-state index is 0.0317. The van der Waals surface area contributed by atoms with E-state index in [4.69, 9.17) is 0 Å². The second-order valence-corrected chi connectivity index (χ2v) is 5.40. The molecule has 0 aliphatic heterocycles. The molecule has 0 bridgehead atoms. The molecule has 1 atom stereocenters. The Morgan fingerprint density at radius 2 is 2.06 bits per heavy atom. The van der Waals surface area contributed by atoms with Gasteiger partial charge in [-0.25, -0.2) is 0 Å². The topological polar surface area (TPSA) is 46.6 Å². The maximum absolute atomic E-state index is 12.3. The number of esters is 1. The molecule has 1 amide bonds. The van der Waals surface area contributed by atoms with Crippen LogP contribution in [0.15, 0.2) is 17.5 Å². The zero-order valence-electron chi connectivity index (χ0n) is 11.2. The number of hydrogen-bond acceptors (Lipinski definition) is 4. The van der Waals surface area contributed by atoms with E-state index in [0.717, 1.165) is 0 Å². The molecule has 1 aromatic heterocycles. The first-order valence-corrected chi connectivity index (χ1v) is 6.77. The molecule has 0 aliphatic rings. The van der Waals surface area contributed by atoms with Gasteiger partial charge in [0, 0.05) is 12.6 Å². The Morgan fingerprint density at radius 1 is 1.39 bits per heavy atom. The van der Waals surface area contributed by atoms with E-state index in [-0.39, 0.29) is 23.8 Å². The summed E-state index contributed by atoms with van der Waals surface area (Å²) in [5.74, 6) is -0.642. The molecule has 0 N–H and O–H groups in total. The van der Waals surface area contributed by atoms with Gasteiger partial charge in [0.2, 0.25) is 0 Å². The monoisotopic (exact) mass is 269 g/mol. The number of carbonyl (C=O) groups is 2. The fourth-order valence-corrected chi connectivity index (χ4v) is 2.32. The van der Waals surface area contributed by atoms with Crippen LogP contribution >= 0.6 is 11.3 Å². The van der Waals surface area contributed by atoms with Gasteiger partial charge in [0.1, 0.15) is 0 Å². The molecule has 0 spiro atoms. The third kappa shape index (κ3) is 3.57. The van der Waals surface area contributed by atoms with Crippen LogP contribution in [0.5, 0.6) is 0 Å². The Labute approximate surface area is 112 Å². The molecule has 18 heavy (non-hydrogen) atoms. The zero-order valence-corrected chi connectivity index (χ0v) is 12.0. The van der Waals surface area contributed by atoms with Gasteiger partial charge >= 0.3 is 5.97 Å². The van der Waals surface area contributed by atoms with E-state index in [2.05, 4.69) is 4.74 Å². The maximum atomic E-state index is 12.3. The predicted molar refractivity (Wildman–Crippen MR) is 71.7 cm³/mol. The average molecular weight is 269 g/mol. The van der Waals surface area contributed by atoms with Crippen molar-refractivity contribution in [3.63, 3.8) is 0 Å². The smallest absolute Gasteiger partial charge is 0.310 e. The summed E-state index contributed by atoms with van der Waals surface area (Å²) in [5.41, 5.74) is 0. The highest BCUT2D eigenvalue weighted by Crippen LogP contribution is 2.16. The second-order valence-electron chi connectivity index (χ2n) is 4.45. The van der Waals surface area contributed by atoms with Crippen LogP contribution in [-0.2, 0) is 9.53 Å². The third-order valence-corrected chi connectivity index (χ3v) is 3.55. The van der Waals surface area contributed by atoms with Gasteiger partial charge in [-0.3, -0.25) is 9.59 Å². The van der Waals surface area contributed by atoms with Crippen LogP contribution in [0.1, 0.15) is 30.4 Å². The van der Waals surface area contributed by atoms with Crippen LogP contribution < -0.4 is 0 Å². The molecule has 1 rings (SSSR count). The molecule has 0 saturated carbocycles. The lowest BCUT2D eigenvalue weighted by atomic mass is 10.1. The molecule has 1 aromatic rings. The summed E-state index contributed by atoms with van der Waals surface area (Å²) in [5, 5.41) is 1.87. The zero-order chi connectivity index (χ0) is 13.7. The quantitative estimate of drug-likeness (QED) is 0.771. The number of methoxy groups -OCH3 is 1. The SMILES string of the molecule is COC(=O)C(C)CN(C(=O)c1cccs1)C(C)C. The number of carbonyl (C=O) groups excluding carboxylic acids is 2. The van der Waals surface area contributed by atoms with Crippen LogP contribution in [0.25, 0.3) is 0 Å². The van der Waals surface area contributed by atoms with Gasteiger partial charge in [-0.1, -0.05) is 13.0 Å². The summed E-state index contributed by atoms with van der Waals surface area (Å²) in [6.45, 7) is 6.02. The van der Waals surface area contributed by atoms with Crippen molar-refractivity contribution in [1.82, 2.24) is 4.90 Å². The number of rotatable bonds is 5. The lowest BCUT2D eigenvalue weighted by Crippen LogP contribution is -2.41. The first-order chi connectivity index (χ1) is 8.47. The molecule has 100 valence electrons. The summed E-state index contributed by atoms with van der Waals surface area (Å²) in [7, 11) is 1.36. The van der Waals surface area contributed by atoms with E-state index >= 15 is 0 Å². The highest BCUT2D eigenvalue weighted by Gasteiger charge is 2.24. The molecule has 0 aromatic carbocycles. The van der Waals surface area contributed by atoms with Gasteiger partial charge in [0.15, 0.2) is 0 Å². The van der Waals surface area contributed by atoms with E-state index in [0.29, 0.717) is 11.4 Å². The van der Waals surface area contributed by atoms with Crippen molar-refractivity contribution >= 4 is 23.2 Å². The van der Waals surface area contributed by atoms with Gasteiger partial charge in [0.25, 0.3) is 5.91 Å². The van der Waals surface area contributed by atoms with Crippen molar-refractivity contribution in [2.45, 2.75) is 26.8 Å². The number of ether oxygens (including phenoxy) is 1. The van der Waals surface area contributed by atoms with E-state index in [9.17, 15) is 9.59 Å². The minimum Gasteiger partial charge on any atom is -0.469 e. The first kappa shape index (κ1) is 14.7. The van der Waals surface area contributed by atoms with Crippen molar-refractivity contribution in [1.29, 1.82) is 0 Å². The molecule has 0 fully saturated rings.